The summed E-state index contributed by atoms with van der Waals surface area (Å²) in [6.45, 7) is 9.91. The van der Waals surface area contributed by atoms with Gasteiger partial charge in [0.1, 0.15) is 11.5 Å². The number of nitrogens with zero attached hydrogens (tertiary/aromatic N) is 2. The molecule has 7 nitrogen and oxygen atoms in total. The van der Waals surface area contributed by atoms with Crippen LogP contribution in [0.25, 0.3) is 0 Å². The Bertz CT molecular complexity index is 607. The summed E-state index contributed by atoms with van der Waals surface area (Å²) in [5, 5.41) is 7.04. The lowest BCUT2D eigenvalue weighted by Crippen LogP contribution is -2.36. The third-order valence-electron chi connectivity index (χ3n) is 4.11. The molecule has 0 unspecified atom stereocenters. The number of nitrogens with one attached hydrogen (secondary N) is 2. The van der Waals surface area contributed by atoms with Crippen molar-refractivity contribution in [2.45, 2.75) is 13.8 Å². The third kappa shape index (κ3) is 6.71. The zero-order valence-electron chi connectivity index (χ0n) is 16.8. The lowest BCUT2D eigenvalue weighted by molar-refractivity contribution is 0.122. The van der Waals surface area contributed by atoms with E-state index in [1.165, 1.54) is 0 Å². The van der Waals surface area contributed by atoms with Crippen molar-refractivity contribution >= 4 is 28.7 Å². The molecule has 0 amide bonds. The SMILES string of the molecule is CCOc1cc(N2CCOCC2)c(OCC)cc1NC(=S)NCCN(C)C. The van der Waals surface area contributed by atoms with Crippen molar-refractivity contribution in [1.82, 2.24) is 10.2 Å². The number of hydrogen-bond acceptors (Lipinski definition) is 6. The molecule has 1 aromatic carbocycles. The van der Waals surface area contributed by atoms with Gasteiger partial charge in [0, 0.05) is 38.3 Å². The second kappa shape index (κ2) is 11.2. The fourth-order valence-electron chi connectivity index (χ4n) is 2.80. The van der Waals surface area contributed by atoms with E-state index in [-0.39, 0.29) is 0 Å². The summed E-state index contributed by atoms with van der Waals surface area (Å²) in [7, 11) is 4.06. The van der Waals surface area contributed by atoms with Crippen LogP contribution in [-0.2, 0) is 4.74 Å². The Kier molecular flexibility index (Phi) is 8.90. The van der Waals surface area contributed by atoms with Crippen molar-refractivity contribution < 1.29 is 14.2 Å². The van der Waals surface area contributed by atoms with Crippen LogP contribution in [0.5, 0.6) is 11.5 Å². The van der Waals surface area contributed by atoms with Crippen LogP contribution >= 0.6 is 12.2 Å². The molecular weight excluding hydrogens is 364 g/mol. The van der Waals surface area contributed by atoms with Gasteiger partial charge in [-0.3, -0.25) is 0 Å². The zero-order chi connectivity index (χ0) is 19.6. The first-order valence-corrected chi connectivity index (χ1v) is 9.91. The molecule has 1 aromatic rings. The van der Waals surface area contributed by atoms with Gasteiger partial charge in [-0.2, -0.15) is 0 Å². The smallest absolute Gasteiger partial charge is 0.170 e. The Morgan fingerprint density at radius 1 is 1.15 bits per heavy atom. The highest BCUT2D eigenvalue weighted by Gasteiger charge is 2.20. The fraction of sp³-hybridized carbons (Fsp3) is 0.632. The highest BCUT2D eigenvalue weighted by molar-refractivity contribution is 7.80. The second-order valence-corrected chi connectivity index (χ2v) is 6.87. The van der Waals surface area contributed by atoms with E-state index >= 15 is 0 Å². The molecule has 1 aliphatic heterocycles. The summed E-state index contributed by atoms with van der Waals surface area (Å²) in [5.41, 5.74) is 1.83. The molecule has 1 fully saturated rings. The van der Waals surface area contributed by atoms with Crippen LogP contribution in [0.2, 0.25) is 0 Å². The number of rotatable bonds is 9. The third-order valence-corrected chi connectivity index (χ3v) is 4.35. The van der Waals surface area contributed by atoms with E-state index < -0.39 is 0 Å². The molecule has 0 aliphatic carbocycles. The molecule has 2 N–H and O–H groups in total. The van der Waals surface area contributed by atoms with Gasteiger partial charge >= 0.3 is 0 Å². The van der Waals surface area contributed by atoms with Crippen molar-refractivity contribution in [3.8, 4) is 11.5 Å². The van der Waals surface area contributed by atoms with E-state index in [0.29, 0.717) is 18.3 Å². The molecule has 1 aliphatic rings. The van der Waals surface area contributed by atoms with Crippen LogP contribution in [0.1, 0.15) is 13.8 Å². The molecule has 0 saturated carbocycles. The highest BCUT2D eigenvalue weighted by Crippen LogP contribution is 2.39. The van der Waals surface area contributed by atoms with Crippen molar-refractivity contribution in [3.05, 3.63) is 12.1 Å². The average Bonchev–Trinajstić information content (AvgIpc) is 2.64. The molecule has 0 radical (unpaired) electrons. The minimum atomic E-state index is 0.569. The van der Waals surface area contributed by atoms with Crippen molar-refractivity contribution in [2.75, 3.05) is 76.9 Å². The Hall–Kier alpha value is -1.77. The van der Waals surface area contributed by atoms with Crippen LogP contribution in [0.15, 0.2) is 12.1 Å². The number of ether oxygens (including phenoxy) is 3. The van der Waals surface area contributed by atoms with Crippen molar-refractivity contribution in [2.24, 2.45) is 0 Å². The van der Waals surface area contributed by atoms with E-state index in [0.717, 1.165) is 62.3 Å². The van der Waals surface area contributed by atoms with Crippen LogP contribution in [-0.4, -0.2) is 76.7 Å². The normalized spacial score (nSPS) is 14.2. The van der Waals surface area contributed by atoms with Crippen molar-refractivity contribution in [1.29, 1.82) is 0 Å². The molecule has 0 atom stereocenters. The van der Waals surface area contributed by atoms with Gasteiger partial charge in [0.15, 0.2) is 5.11 Å². The first kappa shape index (κ1) is 21.5. The molecule has 8 heteroatoms. The molecule has 2 rings (SSSR count). The van der Waals surface area contributed by atoms with Gasteiger partial charge in [0.05, 0.1) is 37.8 Å². The summed E-state index contributed by atoms with van der Waals surface area (Å²) in [5.74, 6) is 1.58. The Labute approximate surface area is 167 Å². The molecule has 0 aromatic heterocycles. The molecule has 1 heterocycles. The standard InChI is InChI=1S/C19H32N4O3S/c1-5-25-17-14-16(23-9-11-24-12-10-23)18(26-6-2)13-15(17)21-19(27)20-7-8-22(3)4/h13-14H,5-12H2,1-4H3,(H2,20,21,27). The van der Waals surface area contributed by atoms with E-state index in [4.69, 9.17) is 26.4 Å². The van der Waals surface area contributed by atoms with E-state index in [1.54, 1.807) is 0 Å². The van der Waals surface area contributed by atoms with Crippen molar-refractivity contribution in [3.63, 3.8) is 0 Å². The number of likely N-dealkylation sites (N-methyl/N-ethyl adjacent to an activating group) is 1. The summed E-state index contributed by atoms with van der Waals surface area (Å²) in [6, 6.07) is 4.00. The van der Waals surface area contributed by atoms with Gasteiger partial charge in [-0.1, -0.05) is 0 Å². The largest absolute Gasteiger partial charge is 0.492 e. The van der Waals surface area contributed by atoms with Crippen LogP contribution in [0, 0.1) is 0 Å². The monoisotopic (exact) mass is 396 g/mol. The number of anilines is 2. The minimum Gasteiger partial charge on any atom is -0.492 e. The van der Waals surface area contributed by atoms with Gasteiger partial charge in [0.2, 0.25) is 0 Å². The second-order valence-electron chi connectivity index (χ2n) is 6.47. The van der Waals surface area contributed by atoms with Gasteiger partial charge in [0.25, 0.3) is 0 Å². The maximum atomic E-state index is 5.91. The molecule has 0 spiro atoms. The summed E-state index contributed by atoms with van der Waals surface area (Å²) >= 11 is 5.43. The minimum absolute atomic E-state index is 0.569. The maximum Gasteiger partial charge on any atom is 0.170 e. The number of morpholine rings is 1. The Balaban J connectivity index is 2.21. The molecule has 27 heavy (non-hydrogen) atoms. The Morgan fingerprint density at radius 2 is 1.81 bits per heavy atom. The van der Waals surface area contributed by atoms with Gasteiger partial charge in [-0.05, 0) is 40.2 Å². The predicted molar refractivity (Wildman–Crippen MR) is 115 cm³/mol. The molecular formula is C19H32N4O3S. The number of benzene rings is 1. The van der Waals surface area contributed by atoms with Crippen LogP contribution in [0.3, 0.4) is 0 Å². The van der Waals surface area contributed by atoms with Crippen LogP contribution < -0.4 is 25.0 Å². The summed E-state index contributed by atoms with van der Waals surface area (Å²) < 4.78 is 17.3. The van der Waals surface area contributed by atoms with E-state index in [9.17, 15) is 0 Å². The lowest BCUT2D eigenvalue weighted by atomic mass is 10.2. The number of hydrogen-bond donors (Lipinski definition) is 2. The van der Waals surface area contributed by atoms with Crippen LogP contribution in [0.4, 0.5) is 11.4 Å². The Morgan fingerprint density at radius 3 is 2.44 bits per heavy atom. The first-order valence-electron chi connectivity index (χ1n) is 9.51. The fourth-order valence-corrected chi connectivity index (χ4v) is 3.02. The lowest BCUT2D eigenvalue weighted by Gasteiger charge is -2.31. The average molecular weight is 397 g/mol. The zero-order valence-corrected chi connectivity index (χ0v) is 17.7. The van der Waals surface area contributed by atoms with Gasteiger partial charge in [-0.15, -0.1) is 0 Å². The van der Waals surface area contributed by atoms with Gasteiger partial charge < -0.3 is 34.6 Å². The summed E-state index contributed by atoms with van der Waals surface area (Å²) in [4.78, 5) is 4.38. The topological polar surface area (TPSA) is 58.2 Å². The predicted octanol–water partition coefficient (Wildman–Crippen LogP) is 2.17. The molecule has 0 bridgehead atoms. The van der Waals surface area contributed by atoms with Gasteiger partial charge in [-0.25, -0.2) is 0 Å². The first-order chi connectivity index (χ1) is 13.0. The molecule has 1 saturated heterocycles. The molecule has 152 valence electrons. The maximum absolute atomic E-state index is 5.91. The highest BCUT2D eigenvalue weighted by atomic mass is 32.1. The quantitative estimate of drug-likeness (QED) is 0.616. The summed E-state index contributed by atoms with van der Waals surface area (Å²) in [6.07, 6.45) is 0. The van der Waals surface area contributed by atoms with E-state index in [2.05, 4.69) is 20.4 Å². The van der Waals surface area contributed by atoms with E-state index in [1.807, 2.05) is 40.1 Å². The number of thiocarbonyl (C=S) groups is 1.